The Morgan fingerprint density at radius 1 is 1.00 bits per heavy atom. The van der Waals surface area contributed by atoms with E-state index >= 15 is 0 Å². The SMILES string of the molecule is COc1ccc(CCNC(=O)N2CCCCC(c3ccc(OC)cc3)C2)cc1. The molecule has 150 valence electrons. The second kappa shape index (κ2) is 10.0. The van der Waals surface area contributed by atoms with Crippen LogP contribution in [0.5, 0.6) is 11.5 Å². The molecule has 2 aromatic rings. The van der Waals surface area contributed by atoms with E-state index in [0.717, 1.165) is 50.3 Å². The van der Waals surface area contributed by atoms with Gasteiger partial charge in [-0.2, -0.15) is 0 Å². The van der Waals surface area contributed by atoms with E-state index in [1.54, 1.807) is 14.2 Å². The highest BCUT2D eigenvalue weighted by Gasteiger charge is 2.23. The van der Waals surface area contributed by atoms with Crippen LogP contribution >= 0.6 is 0 Å². The predicted molar refractivity (Wildman–Crippen MR) is 111 cm³/mol. The van der Waals surface area contributed by atoms with Crippen molar-refractivity contribution >= 4 is 6.03 Å². The normalized spacial score (nSPS) is 16.9. The Bertz CT molecular complexity index is 743. The van der Waals surface area contributed by atoms with Gasteiger partial charge in [-0.25, -0.2) is 4.79 Å². The summed E-state index contributed by atoms with van der Waals surface area (Å²) in [6.07, 6.45) is 4.12. The summed E-state index contributed by atoms with van der Waals surface area (Å²) in [5.74, 6) is 2.09. The van der Waals surface area contributed by atoms with Crippen molar-refractivity contribution in [3.8, 4) is 11.5 Å². The van der Waals surface area contributed by atoms with Crippen molar-refractivity contribution < 1.29 is 14.3 Å². The minimum Gasteiger partial charge on any atom is -0.497 e. The number of benzene rings is 2. The van der Waals surface area contributed by atoms with Crippen LogP contribution in [0, 0.1) is 0 Å². The van der Waals surface area contributed by atoms with E-state index in [-0.39, 0.29) is 6.03 Å². The number of hydrogen-bond donors (Lipinski definition) is 1. The summed E-state index contributed by atoms with van der Waals surface area (Å²) in [5.41, 5.74) is 2.46. The van der Waals surface area contributed by atoms with Gasteiger partial charge in [0.15, 0.2) is 0 Å². The quantitative estimate of drug-likeness (QED) is 0.814. The molecule has 1 saturated heterocycles. The highest BCUT2D eigenvalue weighted by atomic mass is 16.5. The van der Waals surface area contributed by atoms with Crippen LogP contribution in [0.25, 0.3) is 0 Å². The molecule has 3 rings (SSSR count). The molecular weight excluding hydrogens is 352 g/mol. The first-order valence-corrected chi connectivity index (χ1v) is 9.99. The lowest BCUT2D eigenvalue weighted by Gasteiger charge is -2.25. The Balaban J connectivity index is 1.52. The van der Waals surface area contributed by atoms with Crippen molar-refractivity contribution in [2.75, 3.05) is 33.9 Å². The summed E-state index contributed by atoms with van der Waals surface area (Å²) in [4.78, 5) is 14.7. The molecule has 28 heavy (non-hydrogen) atoms. The van der Waals surface area contributed by atoms with Gasteiger partial charge < -0.3 is 19.7 Å². The number of methoxy groups -OCH3 is 2. The fourth-order valence-electron chi connectivity index (χ4n) is 3.69. The molecule has 2 aromatic carbocycles. The van der Waals surface area contributed by atoms with Crippen LogP contribution in [0.3, 0.4) is 0 Å². The van der Waals surface area contributed by atoms with Crippen LogP contribution < -0.4 is 14.8 Å². The monoisotopic (exact) mass is 382 g/mol. The van der Waals surface area contributed by atoms with E-state index < -0.39 is 0 Å². The van der Waals surface area contributed by atoms with Crippen LogP contribution in [0.15, 0.2) is 48.5 Å². The maximum Gasteiger partial charge on any atom is 0.317 e. The van der Waals surface area contributed by atoms with Crippen molar-refractivity contribution in [2.24, 2.45) is 0 Å². The average Bonchev–Trinajstić information content (AvgIpc) is 3.01. The van der Waals surface area contributed by atoms with Gasteiger partial charge >= 0.3 is 6.03 Å². The van der Waals surface area contributed by atoms with Gasteiger partial charge in [-0.3, -0.25) is 0 Å². The standard InChI is InChI=1S/C23H30N2O3/c1-27-21-10-6-18(7-11-21)14-15-24-23(26)25-16-4-3-5-20(17-25)19-8-12-22(28-2)13-9-19/h6-13,20H,3-5,14-17H2,1-2H3,(H,24,26). The highest BCUT2D eigenvalue weighted by molar-refractivity contribution is 5.74. The first kappa shape index (κ1) is 20.1. The zero-order valence-corrected chi connectivity index (χ0v) is 16.8. The Kier molecular flexibility index (Phi) is 7.18. The molecule has 0 aliphatic carbocycles. The number of urea groups is 1. The summed E-state index contributed by atoms with van der Waals surface area (Å²) < 4.78 is 10.4. The lowest BCUT2D eigenvalue weighted by atomic mass is 9.94. The van der Waals surface area contributed by atoms with E-state index in [0.29, 0.717) is 12.5 Å². The maximum atomic E-state index is 12.7. The van der Waals surface area contributed by atoms with E-state index in [1.165, 1.54) is 11.1 Å². The molecule has 0 aromatic heterocycles. The zero-order chi connectivity index (χ0) is 19.8. The van der Waals surface area contributed by atoms with E-state index in [2.05, 4.69) is 17.4 Å². The van der Waals surface area contributed by atoms with Gasteiger partial charge in [0.1, 0.15) is 11.5 Å². The summed E-state index contributed by atoms with van der Waals surface area (Å²) in [7, 11) is 3.34. The van der Waals surface area contributed by atoms with E-state index in [9.17, 15) is 4.79 Å². The Labute approximate surface area is 167 Å². The number of nitrogens with one attached hydrogen (secondary N) is 1. The molecule has 1 aliphatic heterocycles. The number of carbonyl (C=O) groups is 1. The third-order valence-electron chi connectivity index (χ3n) is 5.39. The van der Waals surface area contributed by atoms with E-state index in [4.69, 9.17) is 9.47 Å². The summed E-state index contributed by atoms with van der Waals surface area (Å²) >= 11 is 0. The predicted octanol–water partition coefficient (Wildman–Crippen LogP) is 4.23. The minimum absolute atomic E-state index is 0.0360. The number of carbonyl (C=O) groups excluding carboxylic acids is 1. The lowest BCUT2D eigenvalue weighted by Crippen LogP contribution is -2.42. The molecule has 2 amide bonds. The second-order valence-electron chi connectivity index (χ2n) is 7.24. The molecular formula is C23H30N2O3. The number of amides is 2. The maximum absolute atomic E-state index is 12.7. The van der Waals surface area contributed by atoms with Gasteiger partial charge in [0, 0.05) is 25.6 Å². The van der Waals surface area contributed by atoms with Crippen molar-refractivity contribution in [3.05, 3.63) is 59.7 Å². The molecule has 0 saturated carbocycles. The molecule has 0 bridgehead atoms. The Morgan fingerprint density at radius 3 is 2.29 bits per heavy atom. The molecule has 1 unspecified atom stereocenters. The molecule has 5 nitrogen and oxygen atoms in total. The molecule has 0 radical (unpaired) electrons. The number of likely N-dealkylation sites (tertiary alicyclic amines) is 1. The second-order valence-corrected chi connectivity index (χ2v) is 7.24. The molecule has 1 aliphatic rings. The van der Waals surface area contributed by atoms with E-state index in [1.807, 2.05) is 41.3 Å². The van der Waals surface area contributed by atoms with Gasteiger partial charge in [-0.15, -0.1) is 0 Å². The topological polar surface area (TPSA) is 50.8 Å². The molecule has 1 heterocycles. The van der Waals surface area contributed by atoms with Crippen LogP contribution in [-0.4, -0.2) is 44.8 Å². The zero-order valence-electron chi connectivity index (χ0n) is 16.8. The van der Waals surface area contributed by atoms with Gasteiger partial charge in [0.25, 0.3) is 0 Å². The third kappa shape index (κ3) is 5.41. The van der Waals surface area contributed by atoms with Gasteiger partial charge in [-0.1, -0.05) is 30.7 Å². The molecule has 1 atom stereocenters. The Hall–Kier alpha value is -2.69. The van der Waals surface area contributed by atoms with Crippen molar-refractivity contribution in [3.63, 3.8) is 0 Å². The molecule has 5 heteroatoms. The summed E-state index contributed by atoms with van der Waals surface area (Å²) in [6, 6.07) is 16.3. The van der Waals surface area contributed by atoms with Gasteiger partial charge in [0.05, 0.1) is 14.2 Å². The number of nitrogens with zero attached hydrogens (tertiary/aromatic N) is 1. The van der Waals surface area contributed by atoms with Crippen LogP contribution in [0.4, 0.5) is 4.79 Å². The molecule has 1 fully saturated rings. The number of rotatable bonds is 6. The number of ether oxygens (including phenoxy) is 2. The van der Waals surface area contributed by atoms with Crippen molar-refractivity contribution in [2.45, 2.75) is 31.6 Å². The van der Waals surface area contributed by atoms with Gasteiger partial charge in [-0.05, 0) is 54.7 Å². The van der Waals surface area contributed by atoms with Crippen LogP contribution in [-0.2, 0) is 6.42 Å². The first-order chi connectivity index (χ1) is 13.7. The minimum atomic E-state index is 0.0360. The molecule has 0 spiro atoms. The Morgan fingerprint density at radius 2 is 1.64 bits per heavy atom. The largest absolute Gasteiger partial charge is 0.497 e. The molecule has 1 N–H and O–H groups in total. The van der Waals surface area contributed by atoms with Crippen molar-refractivity contribution in [1.29, 1.82) is 0 Å². The lowest BCUT2D eigenvalue weighted by molar-refractivity contribution is 0.197. The fraction of sp³-hybridized carbons (Fsp3) is 0.435. The van der Waals surface area contributed by atoms with Crippen molar-refractivity contribution in [1.82, 2.24) is 10.2 Å². The summed E-state index contributed by atoms with van der Waals surface area (Å²) in [5, 5.41) is 3.08. The number of hydrogen-bond acceptors (Lipinski definition) is 3. The van der Waals surface area contributed by atoms with Crippen LogP contribution in [0.2, 0.25) is 0 Å². The first-order valence-electron chi connectivity index (χ1n) is 9.99. The summed E-state index contributed by atoms with van der Waals surface area (Å²) in [6.45, 7) is 2.22. The fourth-order valence-corrected chi connectivity index (χ4v) is 3.69. The average molecular weight is 383 g/mol. The highest BCUT2D eigenvalue weighted by Crippen LogP contribution is 2.28. The smallest absolute Gasteiger partial charge is 0.317 e. The third-order valence-corrected chi connectivity index (χ3v) is 5.39. The van der Waals surface area contributed by atoms with Gasteiger partial charge in [0.2, 0.25) is 0 Å². The van der Waals surface area contributed by atoms with Crippen LogP contribution in [0.1, 0.15) is 36.3 Å².